The molecule has 0 amide bonds. The van der Waals surface area contributed by atoms with Crippen LogP contribution in [0.25, 0.3) is 10.9 Å². The van der Waals surface area contributed by atoms with E-state index in [1.807, 2.05) is 42.5 Å². The summed E-state index contributed by atoms with van der Waals surface area (Å²) in [6.07, 6.45) is 1.78. The van der Waals surface area contributed by atoms with E-state index in [4.69, 9.17) is 23.2 Å². The number of aromatic nitrogens is 1. The highest BCUT2D eigenvalue weighted by Crippen LogP contribution is 2.27. The molecule has 0 saturated heterocycles. The normalized spacial score (nSPS) is 10.8. The number of fused-ring (bicyclic) bond motifs is 1. The average Bonchev–Trinajstić information content (AvgIpc) is 2.50. The molecule has 1 N–H and O–H groups in total. The molecule has 1 heterocycles. The summed E-state index contributed by atoms with van der Waals surface area (Å²) >= 11 is 15.7. The van der Waals surface area contributed by atoms with Gasteiger partial charge in [0.25, 0.3) is 0 Å². The van der Waals surface area contributed by atoms with Gasteiger partial charge in [0.15, 0.2) is 0 Å². The predicted molar refractivity (Wildman–Crippen MR) is 93.2 cm³/mol. The van der Waals surface area contributed by atoms with Crippen molar-refractivity contribution in [1.29, 1.82) is 0 Å². The van der Waals surface area contributed by atoms with Crippen LogP contribution < -0.4 is 5.32 Å². The number of hydrogen-bond donors (Lipinski definition) is 1. The van der Waals surface area contributed by atoms with Crippen molar-refractivity contribution in [3.05, 3.63) is 68.7 Å². The Kier molecular flexibility index (Phi) is 4.34. The van der Waals surface area contributed by atoms with Gasteiger partial charge in [0.1, 0.15) is 0 Å². The molecule has 0 aliphatic heterocycles. The van der Waals surface area contributed by atoms with Crippen molar-refractivity contribution < 1.29 is 0 Å². The zero-order valence-electron chi connectivity index (χ0n) is 10.9. The zero-order chi connectivity index (χ0) is 14.8. The molecule has 0 bridgehead atoms. The Labute approximate surface area is 141 Å². The maximum Gasteiger partial charge on any atom is 0.0766 e. The molecule has 0 saturated carbocycles. The van der Waals surface area contributed by atoms with E-state index in [1.165, 1.54) is 0 Å². The topological polar surface area (TPSA) is 24.9 Å². The van der Waals surface area contributed by atoms with Crippen molar-refractivity contribution in [2.45, 2.75) is 6.54 Å². The first-order valence-corrected chi connectivity index (χ1v) is 7.91. The number of hydrogen-bond acceptors (Lipinski definition) is 2. The molecule has 0 aliphatic rings. The number of anilines is 1. The fourth-order valence-corrected chi connectivity index (χ4v) is 2.79. The molecule has 106 valence electrons. The largest absolute Gasteiger partial charge is 0.381 e. The molecule has 0 atom stereocenters. The van der Waals surface area contributed by atoms with Crippen LogP contribution in [0.5, 0.6) is 0 Å². The van der Waals surface area contributed by atoms with Crippen LogP contribution in [0.15, 0.2) is 53.1 Å². The molecular formula is C16H11BrCl2N2. The lowest BCUT2D eigenvalue weighted by Crippen LogP contribution is -2.01. The van der Waals surface area contributed by atoms with Crippen molar-refractivity contribution in [2.24, 2.45) is 0 Å². The average molecular weight is 382 g/mol. The number of nitrogens with one attached hydrogen (secondary N) is 1. The van der Waals surface area contributed by atoms with Gasteiger partial charge < -0.3 is 5.32 Å². The Morgan fingerprint density at radius 1 is 1.05 bits per heavy atom. The number of rotatable bonds is 3. The summed E-state index contributed by atoms with van der Waals surface area (Å²) in [6, 6.07) is 13.5. The second-order valence-electron chi connectivity index (χ2n) is 4.59. The fraction of sp³-hybridized carbons (Fsp3) is 0.0625. The highest BCUT2D eigenvalue weighted by atomic mass is 79.9. The van der Waals surface area contributed by atoms with Crippen molar-refractivity contribution in [1.82, 2.24) is 4.98 Å². The zero-order valence-corrected chi connectivity index (χ0v) is 14.0. The van der Waals surface area contributed by atoms with Gasteiger partial charge in [-0.05, 0) is 57.9 Å². The first kappa shape index (κ1) is 14.6. The lowest BCUT2D eigenvalue weighted by atomic mass is 10.1. The summed E-state index contributed by atoms with van der Waals surface area (Å²) in [7, 11) is 0. The quantitative estimate of drug-likeness (QED) is 0.609. The van der Waals surface area contributed by atoms with Crippen molar-refractivity contribution in [2.75, 3.05) is 5.32 Å². The molecule has 2 nitrogen and oxygen atoms in total. The highest BCUT2D eigenvalue weighted by Gasteiger charge is 2.06. The number of halogens is 3. The van der Waals surface area contributed by atoms with Crippen LogP contribution >= 0.6 is 39.1 Å². The Morgan fingerprint density at radius 3 is 2.71 bits per heavy atom. The first-order valence-electron chi connectivity index (χ1n) is 6.36. The Bertz CT molecular complexity index is 805. The third kappa shape index (κ3) is 3.15. The Hall–Kier alpha value is -1.29. The summed E-state index contributed by atoms with van der Waals surface area (Å²) in [5.41, 5.74) is 2.97. The lowest BCUT2D eigenvalue weighted by molar-refractivity contribution is 1.15. The molecule has 21 heavy (non-hydrogen) atoms. The van der Waals surface area contributed by atoms with Crippen molar-refractivity contribution >= 4 is 55.7 Å². The molecule has 0 aliphatic carbocycles. The predicted octanol–water partition coefficient (Wildman–Crippen LogP) is 5.92. The number of pyridine rings is 1. The smallest absolute Gasteiger partial charge is 0.0766 e. The summed E-state index contributed by atoms with van der Waals surface area (Å²) in [5, 5.41) is 5.71. The molecule has 5 heteroatoms. The molecule has 2 aromatic carbocycles. The molecule has 0 fully saturated rings. The molecule has 1 aromatic heterocycles. The minimum atomic E-state index is 0.655. The van der Waals surface area contributed by atoms with Gasteiger partial charge in [-0.2, -0.15) is 0 Å². The monoisotopic (exact) mass is 380 g/mol. The molecule has 3 rings (SSSR count). The third-order valence-electron chi connectivity index (χ3n) is 3.20. The Morgan fingerprint density at radius 2 is 1.90 bits per heavy atom. The summed E-state index contributed by atoms with van der Waals surface area (Å²) in [5.74, 6) is 0. The van der Waals surface area contributed by atoms with E-state index < -0.39 is 0 Å². The van der Waals surface area contributed by atoms with E-state index in [9.17, 15) is 0 Å². The van der Waals surface area contributed by atoms with E-state index in [1.54, 1.807) is 6.20 Å². The van der Waals surface area contributed by atoms with Crippen molar-refractivity contribution in [3.8, 4) is 0 Å². The minimum Gasteiger partial charge on any atom is -0.381 e. The van der Waals surface area contributed by atoms with Gasteiger partial charge in [0, 0.05) is 33.3 Å². The van der Waals surface area contributed by atoms with Gasteiger partial charge in [0.05, 0.1) is 10.5 Å². The summed E-state index contributed by atoms with van der Waals surface area (Å²) in [4.78, 5) is 4.43. The van der Waals surface area contributed by atoms with Gasteiger partial charge in [-0.15, -0.1) is 0 Å². The molecular weight excluding hydrogens is 371 g/mol. The van der Waals surface area contributed by atoms with Crippen LogP contribution in [0.2, 0.25) is 10.0 Å². The van der Waals surface area contributed by atoms with Gasteiger partial charge in [-0.1, -0.05) is 29.3 Å². The van der Waals surface area contributed by atoms with Gasteiger partial charge in [-0.3, -0.25) is 4.98 Å². The van der Waals surface area contributed by atoms with E-state index in [2.05, 4.69) is 26.2 Å². The van der Waals surface area contributed by atoms with Crippen LogP contribution in [-0.4, -0.2) is 4.98 Å². The van der Waals surface area contributed by atoms with Crippen LogP contribution in [0.4, 0.5) is 5.69 Å². The van der Waals surface area contributed by atoms with E-state index >= 15 is 0 Å². The third-order valence-corrected chi connectivity index (χ3v) is 4.76. The molecule has 0 unspecified atom stereocenters. The molecule has 0 radical (unpaired) electrons. The first-order chi connectivity index (χ1) is 10.1. The number of benzene rings is 2. The van der Waals surface area contributed by atoms with Gasteiger partial charge in [-0.25, -0.2) is 0 Å². The van der Waals surface area contributed by atoms with Crippen molar-refractivity contribution in [3.63, 3.8) is 0 Å². The minimum absolute atomic E-state index is 0.655. The summed E-state index contributed by atoms with van der Waals surface area (Å²) < 4.78 is 0.883. The van der Waals surface area contributed by atoms with Crippen LogP contribution in [0.3, 0.4) is 0 Å². The molecule has 0 spiro atoms. The number of nitrogens with zero attached hydrogens (tertiary/aromatic N) is 1. The summed E-state index contributed by atoms with van der Waals surface area (Å²) in [6.45, 7) is 0.655. The maximum absolute atomic E-state index is 6.20. The van der Waals surface area contributed by atoms with Gasteiger partial charge >= 0.3 is 0 Å². The van der Waals surface area contributed by atoms with Crippen LogP contribution in [-0.2, 0) is 6.54 Å². The standard InChI is InChI=1S/C16H11BrCl2N2/c17-13-5-4-11(8-15(13)19)21-9-10-3-6-14(18)12-2-1-7-20-16(10)12/h1-8,21H,9H2. The van der Waals surface area contributed by atoms with E-state index in [-0.39, 0.29) is 0 Å². The van der Waals surface area contributed by atoms with E-state index in [0.717, 1.165) is 26.6 Å². The van der Waals surface area contributed by atoms with Crippen LogP contribution in [0.1, 0.15) is 5.56 Å². The van der Waals surface area contributed by atoms with E-state index in [0.29, 0.717) is 16.6 Å². The fourth-order valence-electron chi connectivity index (χ4n) is 2.14. The highest BCUT2D eigenvalue weighted by molar-refractivity contribution is 9.10. The SMILES string of the molecule is Clc1cc(NCc2ccc(Cl)c3cccnc23)ccc1Br. The second-order valence-corrected chi connectivity index (χ2v) is 6.26. The lowest BCUT2D eigenvalue weighted by Gasteiger charge is -2.10. The Balaban J connectivity index is 1.88. The van der Waals surface area contributed by atoms with Crippen LogP contribution in [0, 0.1) is 0 Å². The maximum atomic E-state index is 6.20. The second kappa shape index (κ2) is 6.22. The van der Waals surface area contributed by atoms with Gasteiger partial charge in [0.2, 0.25) is 0 Å². The molecule has 3 aromatic rings.